The van der Waals surface area contributed by atoms with E-state index in [1.54, 1.807) is 0 Å². The van der Waals surface area contributed by atoms with Crippen molar-refractivity contribution in [2.75, 3.05) is 0 Å². The van der Waals surface area contributed by atoms with Crippen LogP contribution in [-0.2, 0) is 11.2 Å². The van der Waals surface area contributed by atoms with Crippen LogP contribution in [0.4, 0.5) is 0 Å². The van der Waals surface area contributed by atoms with Crippen LogP contribution in [0.1, 0.15) is 11.5 Å². The van der Waals surface area contributed by atoms with Crippen molar-refractivity contribution < 1.29 is 9.90 Å². The number of aromatic nitrogens is 2. The zero-order valence-corrected chi connectivity index (χ0v) is 10.9. The van der Waals surface area contributed by atoms with Gasteiger partial charge in [0.2, 0.25) is 0 Å². The second kappa shape index (κ2) is 4.39. The Morgan fingerprint density at radius 3 is 2.94 bits per heavy atom. The van der Waals surface area contributed by atoms with Gasteiger partial charge in [-0.2, -0.15) is 0 Å². The number of thiophene rings is 1. The predicted octanol–water partition coefficient (Wildman–Crippen LogP) is 2.84. The van der Waals surface area contributed by atoms with Crippen molar-refractivity contribution in [3.63, 3.8) is 0 Å². The molecule has 2 heterocycles. The number of hydrogen-bond acceptors (Lipinski definition) is 3. The Bertz CT molecular complexity index is 533. The van der Waals surface area contributed by atoms with E-state index in [1.807, 2.05) is 19.1 Å². The smallest absolute Gasteiger partial charge is 0.309 e. The molecule has 0 spiro atoms. The van der Waals surface area contributed by atoms with Gasteiger partial charge in [-0.1, -0.05) is 0 Å². The molecule has 4 nitrogen and oxygen atoms in total. The first-order valence-electron chi connectivity index (χ1n) is 4.59. The van der Waals surface area contributed by atoms with Gasteiger partial charge in [-0.05, 0) is 35.0 Å². The molecule has 84 valence electrons. The van der Waals surface area contributed by atoms with Crippen molar-refractivity contribution in [2.24, 2.45) is 0 Å². The van der Waals surface area contributed by atoms with Crippen LogP contribution in [0, 0.1) is 6.92 Å². The maximum atomic E-state index is 10.7. The lowest BCUT2D eigenvalue weighted by Crippen LogP contribution is -2.01. The number of carboxylic acids is 1. The molecule has 6 heteroatoms. The maximum Gasteiger partial charge on any atom is 0.309 e. The lowest BCUT2D eigenvalue weighted by atomic mass is 10.2. The van der Waals surface area contributed by atoms with Crippen molar-refractivity contribution in [2.45, 2.75) is 13.3 Å². The molecule has 16 heavy (non-hydrogen) atoms. The molecular formula is C10H9BrN2O2S. The molecule has 0 unspecified atom stereocenters. The third-order valence-electron chi connectivity index (χ3n) is 2.03. The van der Waals surface area contributed by atoms with E-state index in [0.29, 0.717) is 5.69 Å². The molecule has 0 aliphatic carbocycles. The van der Waals surface area contributed by atoms with Crippen molar-refractivity contribution in [3.05, 3.63) is 27.4 Å². The van der Waals surface area contributed by atoms with Gasteiger partial charge in [0.25, 0.3) is 0 Å². The number of nitrogens with one attached hydrogen (secondary N) is 1. The summed E-state index contributed by atoms with van der Waals surface area (Å²) in [6.45, 7) is 1.82. The molecule has 2 aromatic heterocycles. The average molecular weight is 301 g/mol. The lowest BCUT2D eigenvalue weighted by molar-refractivity contribution is -0.136. The van der Waals surface area contributed by atoms with Gasteiger partial charge in [0.15, 0.2) is 0 Å². The van der Waals surface area contributed by atoms with E-state index in [-0.39, 0.29) is 6.42 Å². The summed E-state index contributed by atoms with van der Waals surface area (Å²) in [6, 6.07) is 3.85. The van der Waals surface area contributed by atoms with Crippen LogP contribution >= 0.6 is 27.3 Å². The van der Waals surface area contributed by atoms with Crippen LogP contribution in [-0.4, -0.2) is 21.0 Å². The maximum absolute atomic E-state index is 10.7. The number of H-pyrrole nitrogens is 1. The molecule has 0 bridgehead atoms. The van der Waals surface area contributed by atoms with Gasteiger partial charge < -0.3 is 10.1 Å². The Morgan fingerprint density at radius 1 is 1.62 bits per heavy atom. The molecule has 0 saturated carbocycles. The third-order valence-corrected chi connectivity index (χ3v) is 3.66. The van der Waals surface area contributed by atoms with Crippen LogP contribution in [0.5, 0.6) is 0 Å². The number of hydrogen-bond donors (Lipinski definition) is 2. The van der Waals surface area contributed by atoms with Gasteiger partial charge in [-0.25, -0.2) is 4.98 Å². The summed E-state index contributed by atoms with van der Waals surface area (Å²) in [5.41, 5.74) is 1.38. The summed E-state index contributed by atoms with van der Waals surface area (Å²) >= 11 is 4.91. The molecule has 0 amide bonds. The number of halogens is 1. The fourth-order valence-electron chi connectivity index (χ4n) is 1.47. The summed E-state index contributed by atoms with van der Waals surface area (Å²) < 4.78 is 1.00. The molecule has 0 atom stereocenters. The first kappa shape index (κ1) is 11.3. The van der Waals surface area contributed by atoms with Gasteiger partial charge in [-0.3, -0.25) is 4.79 Å². The third kappa shape index (κ3) is 2.33. The van der Waals surface area contributed by atoms with E-state index in [0.717, 1.165) is 20.2 Å². The largest absolute Gasteiger partial charge is 0.481 e. The van der Waals surface area contributed by atoms with Gasteiger partial charge in [-0.15, -0.1) is 11.3 Å². The van der Waals surface area contributed by atoms with Gasteiger partial charge in [0.05, 0.1) is 20.8 Å². The molecular weight excluding hydrogens is 292 g/mol. The Balaban J connectivity index is 2.43. The standard InChI is InChI=1S/C10H9BrN2O2S/c1-5-12-6(4-9(14)15)10(13-5)7-2-3-8(11)16-7/h2-3H,4H2,1H3,(H,12,13)(H,14,15). The molecule has 2 N–H and O–H groups in total. The van der Waals surface area contributed by atoms with E-state index < -0.39 is 5.97 Å². The SMILES string of the molecule is Cc1nc(-c2ccc(Br)s2)c(CC(=O)O)[nH]1. The second-order valence-electron chi connectivity index (χ2n) is 3.32. The van der Waals surface area contributed by atoms with Crippen molar-refractivity contribution in [1.82, 2.24) is 9.97 Å². The van der Waals surface area contributed by atoms with Crippen molar-refractivity contribution >= 4 is 33.2 Å². The quantitative estimate of drug-likeness (QED) is 0.916. The van der Waals surface area contributed by atoms with E-state index in [1.165, 1.54) is 11.3 Å². The Morgan fingerprint density at radius 2 is 2.38 bits per heavy atom. The summed E-state index contributed by atoms with van der Waals surface area (Å²) in [7, 11) is 0. The monoisotopic (exact) mass is 300 g/mol. The number of nitrogens with zero attached hydrogens (tertiary/aromatic N) is 1. The van der Waals surface area contributed by atoms with E-state index >= 15 is 0 Å². The molecule has 0 aliphatic heterocycles. The molecule has 0 aliphatic rings. The summed E-state index contributed by atoms with van der Waals surface area (Å²) in [4.78, 5) is 19.0. The van der Waals surface area contributed by atoms with Crippen molar-refractivity contribution in [1.29, 1.82) is 0 Å². The molecule has 0 radical (unpaired) electrons. The highest BCUT2D eigenvalue weighted by Crippen LogP contribution is 2.32. The first-order chi connectivity index (χ1) is 7.56. The predicted molar refractivity (Wildman–Crippen MR) is 65.7 cm³/mol. The zero-order chi connectivity index (χ0) is 11.7. The average Bonchev–Trinajstić information content (AvgIpc) is 2.72. The van der Waals surface area contributed by atoms with Crippen LogP contribution in [0.3, 0.4) is 0 Å². The fraction of sp³-hybridized carbons (Fsp3) is 0.200. The van der Waals surface area contributed by atoms with Crippen LogP contribution < -0.4 is 0 Å². The lowest BCUT2D eigenvalue weighted by Gasteiger charge is -1.96. The number of imidazole rings is 1. The number of aromatic amines is 1. The highest BCUT2D eigenvalue weighted by molar-refractivity contribution is 9.11. The topological polar surface area (TPSA) is 66.0 Å². The first-order valence-corrected chi connectivity index (χ1v) is 6.20. The minimum Gasteiger partial charge on any atom is -0.481 e. The second-order valence-corrected chi connectivity index (χ2v) is 5.79. The number of carbonyl (C=O) groups is 1. The van der Waals surface area contributed by atoms with Gasteiger partial charge in [0, 0.05) is 0 Å². The molecule has 0 saturated heterocycles. The van der Waals surface area contributed by atoms with Crippen LogP contribution in [0.15, 0.2) is 15.9 Å². The van der Waals surface area contributed by atoms with Crippen LogP contribution in [0.2, 0.25) is 0 Å². The molecule has 0 aromatic carbocycles. The molecule has 2 aromatic rings. The van der Waals surface area contributed by atoms with E-state index in [9.17, 15) is 4.79 Å². The Hall–Kier alpha value is -1.14. The van der Waals surface area contributed by atoms with Crippen molar-refractivity contribution in [3.8, 4) is 10.6 Å². The summed E-state index contributed by atoms with van der Waals surface area (Å²) in [5.74, 6) is -0.128. The number of aryl methyl sites for hydroxylation is 1. The molecule has 0 fully saturated rings. The Labute approximate surface area is 104 Å². The number of carboxylic acid groups (broad SMARTS) is 1. The summed E-state index contributed by atoms with van der Waals surface area (Å²) in [6.07, 6.45) is -0.0360. The number of rotatable bonds is 3. The normalized spacial score (nSPS) is 10.6. The van der Waals surface area contributed by atoms with E-state index in [4.69, 9.17) is 5.11 Å². The number of aliphatic carboxylic acids is 1. The van der Waals surface area contributed by atoms with Crippen LogP contribution in [0.25, 0.3) is 10.6 Å². The highest BCUT2D eigenvalue weighted by atomic mass is 79.9. The minimum atomic E-state index is -0.861. The Kier molecular flexibility index (Phi) is 3.11. The van der Waals surface area contributed by atoms with Gasteiger partial charge >= 0.3 is 5.97 Å². The highest BCUT2D eigenvalue weighted by Gasteiger charge is 2.14. The van der Waals surface area contributed by atoms with Gasteiger partial charge in [0.1, 0.15) is 11.5 Å². The molecule has 2 rings (SSSR count). The van der Waals surface area contributed by atoms with E-state index in [2.05, 4.69) is 25.9 Å². The summed E-state index contributed by atoms with van der Waals surface area (Å²) in [5, 5.41) is 8.80. The zero-order valence-electron chi connectivity index (χ0n) is 8.45. The fourth-order valence-corrected chi connectivity index (χ4v) is 2.87. The minimum absolute atomic E-state index is 0.0360.